The molecule has 1 aromatic rings. The quantitative estimate of drug-likeness (QED) is 0.899. The molecule has 0 saturated carbocycles. The van der Waals surface area contributed by atoms with E-state index in [2.05, 4.69) is 28.6 Å². The van der Waals surface area contributed by atoms with Gasteiger partial charge in [0.15, 0.2) is 0 Å². The molecule has 128 valence electrons. The van der Waals surface area contributed by atoms with Crippen LogP contribution in [0, 0.1) is 18.8 Å². The zero-order valence-corrected chi connectivity index (χ0v) is 15.2. The number of rotatable bonds is 5. The first kappa shape index (κ1) is 16.9. The molecule has 23 heavy (non-hydrogen) atoms. The van der Waals surface area contributed by atoms with Crippen molar-refractivity contribution in [3.8, 4) is 0 Å². The van der Waals surface area contributed by atoms with Crippen LogP contribution < -0.4 is 5.32 Å². The van der Waals surface area contributed by atoms with Gasteiger partial charge >= 0.3 is 0 Å². The summed E-state index contributed by atoms with van der Waals surface area (Å²) in [7, 11) is 0. The fourth-order valence-electron chi connectivity index (χ4n) is 3.43. The van der Waals surface area contributed by atoms with E-state index in [4.69, 9.17) is 4.74 Å². The highest BCUT2D eigenvalue weighted by molar-refractivity contribution is 7.10. The molecular formula is C18H28N2O2S. The number of nitrogens with one attached hydrogen (secondary N) is 1. The number of amides is 1. The molecule has 0 radical (unpaired) electrons. The van der Waals surface area contributed by atoms with Crippen LogP contribution >= 0.6 is 11.3 Å². The molecule has 1 N–H and O–H groups in total. The summed E-state index contributed by atoms with van der Waals surface area (Å²) in [4.78, 5) is 15.6. The lowest BCUT2D eigenvalue weighted by molar-refractivity contribution is -0.181. The lowest BCUT2D eigenvalue weighted by Crippen LogP contribution is -2.64. The van der Waals surface area contributed by atoms with Crippen LogP contribution in [0.25, 0.3) is 0 Å². The van der Waals surface area contributed by atoms with Crippen LogP contribution in [0.2, 0.25) is 0 Å². The van der Waals surface area contributed by atoms with Gasteiger partial charge in [0.2, 0.25) is 5.91 Å². The standard InChI is InChI=1S/C18H28N2O2S/c1-13(2)17(21)19-8-15-4-6-18(22-10-15)11-20(12-18)9-16-14(3)5-7-23-16/h5,7,13,15H,4,6,8-12H2,1-3H3,(H,19,21)/t15-/m0/s1. The van der Waals surface area contributed by atoms with Gasteiger partial charge in [-0.1, -0.05) is 13.8 Å². The van der Waals surface area contributed by atoms with Crippen LogP contribution in [-0.4, -0.2) is 42.6 Å². The van der Waals surface area contributed by atoms with E-state index in [9.17, 15) is 4.79 Å². The largest absolute Gasteiger partial charge is 0.372 e. The Bertz CT molecular complexity index is 539. The van der Waals surface area contributed by atoms with Gasteiger partial charge in [0.1, 0.15) is 0 Å². The van der Waals surface area contributed by atoms with E-state index in [1.165, 1.54) is 10.4 Å². The molecule has 5 heteroatoms. The second-order valence-corrected chi connectivity index (χ2v) is 8.47. The van der Waals surface area contributed by atoms with Gasteiger partial charge in [0.25, 0.3) is 0 Å². The molecule has 1 atom stereocenters. The van der Waals surface area contributed by atoms with Crippen molar-refractivity contribution in [1.29, 1.82) is 0 Å². The van der Waals surface area contributed by atoms with Crippen molar-refractivity contribution in [3.05, 3.63) is 21.9 Å². The van der Waals surface area contributed by atoms with Crippen LogP contribution in [0.3, 0.4) is 0 Å². The summed E-state index contributed by atoms with van der Waals surface area (Å²) in [5.74, 6) is 0.676. The van der Waals surface area contributed by atoms with Gasteiger partial charge in [-0.25, -0.2) is 0 Å². The highest BCUT2D eigenvalue weighted by Gasteiger charge is 2.46. The fraction of sp³-hybridized carbons (Fsp3) is 0.722. The summed E-state index contributed by atoms with van der Waals surface area (Å²) in [6.07, 6.45) is 2.28. The Morgan fingerprint density at radius 1 is 1.52 bits per heavy atom. The molecule has 0 aliphatic carbocycles. The van der Waals surface area contributed by atoms with Crippen LogP contribution in [0.4, 0.5) is 0 Å². The van der Waals surface area contributed by atoms with E-state index in [0.29, 0.717) is 5.92 Å². The van der Waals surface area contributed by atoms with Crippen LogP contribution in [0.15, 0.2) is 11.4 Å². The summed E-state index contributed by atoms with van der Waals surface area (Å²) < 4.78 is 6.20. The Labute approximate surface area is 143 Å². The average Bonchev–Trinajstić information content (AvgIpc) is 2.89. The van der Waals surface area contributed by atoms with E-state index in [1.807, 2.05) is 25.2 Å². The summed E-state index contributed by atoms with van der Waals surface area (Å²) >= 11 is 1.85. The molecule has 0 aromatic carbocycles. The first-order chi connectivity index (χ1) is 11.0. The van der Waals surface area contributed by atoms with Gasteiger partial charge in [-0.15, -0.1) is 11.3 Å². The Morgan fingerprint density at radius 3 is 2.87 bits per heavy atom. The smallest absolute Gasteiger partial charge is 0.222 e. The predicted molar refractivity (Wildman–Crippen MR) is 93.6 cm³/mol. The number of hydrogen-bond acceptors (Lipinski definition) is 4. The van der Waals surface area contributed by atoms with Gasteiger partial charge in [0, 0.05) is 37.0 Å². The van der Waals surface area contributed by atoms with Crippen molar-refractivity contribution >= 4 is 17.2 Å². The van der Waals surface area contributed by atoms with Crippen molar-refractivity contribution in [1.82, 2.24) is 10.2 Å². The van der Waals surface area contributed by atoms with Crippen LogP contribution in [0.1, 0.15) is 37.1 Å². The van der Waals surface area contributed by atoms with Crippen molar-refractivity contribution in [2.24, 2.45) is 11.8 Å². The van der Waals surface area contributed by atoms with E-state index >= 15 is 0 Å². The van der Waals surface area contributed by atoms with Gasteiger partial charge in [0.05, 0.1) is 12.2 Å². The molecule has 1 spiro atoms. The number of likely N-dealkylation sites (tertiary alicyclic amines) is 1. The summed E-state index contributed by atoms with van der Waals surface area (Å²) in [6.45, 7) is 10.7. The molecule has 2 aliphatic heterocycles. The number of carbonyl (C=O) groups is 1. The summed E-state index contributed by atoms with van der Waals surface area (Å²) in [5.41, 5.74) is 1.49. The first-order valence-corrected chi connectivity index (χ1v) is 9.52. The zero-order chi connectivity index (χ0) is 16.4. The zero-order valence-electron chi connectivity index (χ0n) is 14.4. The lowest BCUT2D eigenvalue weighted by Gasteiger charge is -2.53. The van der Waals surface area contributed by atoms with Crippen molar-refractivity contribution in [2.75, 3.05) is 26.2 Å². The molecule has 0 unspecified atom stereocenters. The maximum Gasteiger partial charge on any atom is 0.222 e. The van der Waals surface area contributed by atoms with Crippen molar-refractivity contribution < 1.29 is 9.53 Å². The maximum absolute atomic E-state index is 11.6. The van der Waals surface area contributed by atoms with E-state index in [-0.39, 0.29) is 17.4 Å². The third-order valence-corrected chi connectivity index (χ3v) is 6.09. The molecule has 2 saturated heterocycles. The molecule has 3 rings (SSSR count). The number of nitrogens with zero attached hydrogens (tertiary/aromatic N) is 1. The maximum atomic E-state index is 11.6. The molecule has 3 heterocycles. The molecule has 0 bridgehead atoms. The van der Waals surface area contributed by atoms with E-state index in [0.717, 1.165) is 45.6 Å². The highest BCUT2D eigenvalue weighted by atomic mass is 32.1. The summed E-state index contributed by atoms with van der Waals surface area (Å²) in [5, 5.41) is 5.21. The lowest BCUT2D eigenvalue weighted by atomic mass is 9.83. The molecule has 4 nitrogen and oxygen atoms in total. The van der Waals surface area contributed by atoms with Crippen LogP contribution in [0.5, 0.6) is 0 Å². The Hall–Kier alpha value is -0.910. The minimum Gasteiger partial charge on any atom is -0.372 e. The average molecular weight is 337 g/mol. The normalized spacial score (nSPS) is 23.9. The van der Waals surface area contributed by atoms with E-state index < -0.39 is 0 Å². The van der Waals surface area contributed by atoms with Crippen molar-refractivity contribution in [2.45, 2.75) is 45.8 Å². The number of aryl methyl sites for hydroxylation is 1. The molecule has 2 aliphatic rings. The first-order valence-electron chi connectivity index (χ1n) is 8.64. The third kappa shape index (κ3) is 3.95. The SMILES string of the molecule is Cc1ccsc1CN1CC2(CC[C@@H](CNC(=O)C(C)C)CO2)C1. The number of ether oxygens (including phenoxy) is 1. The summed E-state index contributed by atoms with van der Waals surface area (Å²) in [6, 6.07) is 2.20. The van der Waals surface area contributed by atoms with Gasteiger partial charge in [-0.3, -0.25) is 9.69 Å². The minimum atomic E-state index is 0.0618. The van der Waals surface area contributed by atoms with Gasteiger partial charge < -0.3 is 10.1 Å². The van der Waals surface area contributed by atoms with Crippen LogP contribution in [-0.2, 0) is 16.1 Å². The third-order valence-electron chi connectivity index (χ3n) is 5.08. The molecule has 1 aromatic heterocycles. The Balaban J connectivity index is 1.39. The molecular weight excluding hydrogens is 308 g/mol. The number of thiophene rings is 1. The van der Waals surface area contributed by atoms with Gasteiger partial charge in [-0.2, -0.15) is 0 Å². The monoisotopic (exact) mass is 336 g/mol. The number of hydrogen-bond donors (Lipinski definition) is 1. The Morgan fingerprint density at radius 2 is 2.30 bits per heavy atom. The molecule has 1 amide bonds. The topological polar surface area (TPSA) is 41.6 Å². The molecule has 2 fully saturated rings. The van der Waals surface area contributed by atoms with E-state index in [1.54, 1.807) is 0 Å². The number of carbonyl (C=O) groups excluding carboxylic acids is 1. The second-order valence-electron chi connectivity index (χ2n) is 7.47. The highest BCUT2D eigenvalue weighted by Crippen LogP contribution is 2.37. The predicted octanol–water partition coefficient (Wildman–Crippen LogP) is 2.81. The van der Waals surface area contributed by atoms with Gasteiger partial charge in [-0.05, 0) is 42.7 Å². The van der Waals surface area contributed by atoms with Crippen molar-refractivity contribution in [3.63, 3.8) is 0 Å². The Kier molecular flexibility index (Phi) is 5.09. The second kappa shape index (κ2) is 6.91. The fourth-order valence-corrected chi connectivity index (χ4v) is 4.37. The minimum absolute atomic E-state index is 0.0618.